The van der Waals surface area contributed by atoms with Gasteiger partial charge in [0.25, 0.3) is 5.91 Å². The maximum absolute atomic E-state index is 13.8. The Morgan fingerprint density at radius 1 is 1.19 bits per heavy atom. The van der Waals surface area contributed by atoms with Gasteiger partial charge in [0.15, 0.2) is 15.0 Å². The molecule has 3 rings (SSSR count). The van der Waals surface area contributed by atoms with Crippen molar-refractivity contribution < 1.29 is 22.0 Å². The van der Waals surface area contributed by atoms with E-state index in [0.717, 1.165) is 41.9 Å². The van der Waals surface area contributed by atoms with Gasteiger partial charge >= 0.3 is 0 Å². The molecule has 0 aliphatic rings. The molecule has 140 valence electrons. The summed E-state index contributed by atoms with van der Waals surface area (Å²) in [6, 6.07) is 6.74. The van der Waals surface area contributed by atoms with Crippen molar-refractivity contribution in [3.63, 3.8) is 0 Å². The zero-order valence-electron chi connectivity index (χ0n) is 13.7. The van der Waals surface area contributed by atoms with Crippen molar-refractivity contribution in [2.45, 2.75) is 4.90 Å². The molecule has 0 bridgehead atoms. The minimum absolute atomic E-state index is 0.0381. The van der Waals surface area contributed by atoms with Crippen LogP contribution in [0, 0.1) is 11.6 Å². The predicted octanol–water partition coefficient (Wildman–Crippen LogP) is 4.40. The summed E-state index contributed by atoms with van der Waals surface area (Å²) >= 11 is 6.99. The molecule has 1 amide bonds. The maximum Gasteiger partial charge on any atom is 0.259 e. The van der Waals surface area contributed by atoms with Crippen molar-refractivity contribution in [3.8, 4) is 11.3 Å². The van der Waals surface area contributed by atoms with E-state index in [0.29, 0.717) is 0 Å². The first kappa shape index (κ1) is 19.4. The van der Waals surface area contributed by atoms with Gasteiger partial charge in [0.2, 0.25) is 0 Å². The number of carbonyl (C=O) groups is 1. The van der Waals surface area contributed by atoms with Crippen molar-refractivity contribution in [2.24, 2.45) is 0 Å². The van der Waals surface area contributed by atoms with Crippen molar-refractivity contribution in [3.05, 3.63) is 64.0 Å². The van der Waals surface area contributed by atoms with Crippen molar-refractivity contribution in [2.75, 3.05) is 11.6 Å². The molecular formula is C17H11ClF2N2O3S2. The zero-order valence-corrected chi connectivity index (χ0v) is 16.1. The minimum atomic E-state index is -3.52. The second kappa shape index (κ2) is 7.34. The largest absolute Gasteiger partial charge is 0.298 e. The van der Waals surface area contributed by atoms with Crippen LogP contribution in [0.1, 0.15) is 10.4 Å². The summed E-state index contributed by atoms with van der Waals surface area (Å²) in [5.41, 5.74) is 0.0698. The molecule has 0 saturated carbocycles. The fourth-order valence-electron chi connectivity index (χ4n) is 2.22. The first-order valence-corrected chi connectivity index (χ1v) is 10.5. The maximum atomic E-state index is 13.8. The number of nitrogens with zero attached hydrogens (tertiary/aromatic N) is 1. The Labute approximate surface area is 162 Å². The Balaban J connectivity index is 1.88. The number of rotatable bonds is 4. The van der Waals surface area contributed by atoms with Crippen LogP contribution < -0.4 is 5.32 Å². The summed E-state index contributed by atoms with van der Waals surface area (Å²) in [4.78, 5) is 16.4. The molecule has 1 aromatic heterocycles. The Kier molecular flexibility index (Phi) is 5.27. The van der Waals surface area contributed by atoms with Crippen LogP contribution >= 0.6 is 22.9 Å². The van der Waals surface area contributed by atoms with E-state index >= 15 is 0 Å². The molecule has 0 aliphatic carbocycles. The number of aromatic nitrogens is 1. The van der Waals surface area contributed by atoms with Crippen LogP contribution in [0.15, 0.2) is 46.7 Å². The Bertz CT molecular complexity index is 1150. The van der Waals surface area contributed by atoms with E-state index in [9.17, 15) is 22.0 Å². The lowest BCUT2D eigenvalue weighted by atomic mass is 10.1. The molecule has 27 heavy (non-hydrogen) atoms. The quantitative estimate of drug-likeness (QED) is 0.668. The second-order valence-electron chi connectivity index (χ2n) is 5.53. The normalized spacial score (nSPS) is 11.4. The molecular weight excluding hydrogens is 418 g/mol. The van der Waals surface area contributed by atoms with Gasteiger partial charge in [0, 0.05) is 17.2 Å². The summed E-state index contributed by atoms with van der Waals surface area (Å²) in [5, 5.41) is 4.12. The van der Waals surface area contributed by atoms with E-state index in [1.165, 1.54) is 17.5 Å². The number of hydrogen-bond acceptors (Lipinski definition) is 5. The lowest BCUT2D eigenvalue weighted by Gasteiger charge is -2.06. The molecule has 0 atom stereocenters. The van der Waals surface area contributed by atoms with E-state index in [2.05, 4.69) is 10.3 Å². The molecule has 2 aromatic carbocycles. The highest BCUT2D eigenvalue weighted by molar-refractivity contribution is 7.90. The van der Waals surface area contributed by atoms with E-state index in [1.807, 2.05) is 0 Å². The molecule has 5 nitrogen and oxygen atoms in total. The van der Waals surface area contributed by atoms with Gasteiger partial charge in [-0.25, -0.2) is 22.2 Å². The standard InChI is InChI=1S/C17H11ClF2N2O3S2/c1-27(24,25)10-3-4-13(18)11(7-10)16(23)22-17-21-15(8-26-17)12-6-9(19)2-5-14(12)20/h2-8H,1H3,(H,21,22,23). The molecule has 0 unspecified atom stereocenters. The van der Waals surface area contributed by atoms with Crippen LogP contribution in [0.5, 0.6) is 0 Å². The fourth-order valence-corrected chi connectivity index (χ4v) is 3.78. The molecule has 10 heteroatoms. The number of nitrogens with one attached hydrogen (secondary N) is 1. The Hall–Kier alpha value is -2.36. The van der Waals surface area contributed by atoms with Gasteiger partial charge in [-0.3, -0.25) is 10.1 Å². The number of hydrogen-bond donors (Lipinski definition) is 1. The number of amides is 1. The third-order valence-corrected chi connectivity index (χ3v) is 5.74. The van der Waals surface area contributed by atoms with E-state index < -0.39 is 27.4 Å². The highest BCUT2D eigenvalue weighted by Crippen LogP contribution is 2.28. The average Bonchev–Trinajstić information content (AvgIpc) is 3.04. The molecule has 0 saturated heterocycles. The third-order valence-electron chi connectivity index (χ3n) is 3.54. The van der Waals surface area contributed by atoms with Gasteiger partial charge in [-0.05, 0) is 36.4 Å². The van der Waals surface area contributed by atoms with Gasteiger partial charge in [-0.2, -0.15) is 0 Å². The van der Waals surface area contributed by atoms with Crippen molar-refractivity contribution in [1.29, 1.82) is 0 Å². The zero-order chi connectivity index (χ0) is 19.8. The predicted molar refractivity (Wildman–Crippen MR) is 100.0 cm³/mol. The van der Waals surface area contributed by atoms with Crippen LogP contribution in [-0.4, -0.2) is 25.6 Å². The van der Waals surface area contributed by atoms with E-state index in [1.54, 1.807) is 0 Å². The molecule has 0 radical (unpaired) electrons. The topological polar surface area (TPSA) is 76.1 Å². The summed E-state index contributed by atoms with van der Waals surface area (Å²) in [6.45, 7) is 0. The minimum Gasteiger partial charge on any atom is -0.298 e. The average molecular weight is 429 g/mol. The number of benzene rings is 2. The second-order valence-corrected chi connectivity index (χ2v) is 8.81. The van der Waals surface area contributed by atoms with Crippen LogP contribution in [-0.2, 0) is 9.84 Å². The summed E-state index contributed by atoms with van der Waals surface area (Å²) < 4.78 is 50.5. The number of carbonyl (C=O) groups excluding carboxylic acids is 1. The van der Waals surface area contributed by atoms with E-state index in [4.69, 9.17) is 11.6 Å². The van der Waals surface area contributed by atoms with Crippen LogP contribution in [0.2, 0.25) is 5.02 Å². The monoisotopic (exact) mass is 428 g/mol. The lowest BCUT2D eigenvalue weighted by molar-refractivity contribution is 0.102. The molecule has 3 aromatic rings. The molecule has 0 fully saturated rings. The third kappa shape index (κ3) is 4.32. The smallest absolute Gasteiger partial charge is 0.259 e. The van der Waals surface area contributed by atoms with Crippen molar-refractivity contribution >= 4 is 43.8 Å². The number of halogens is 3. The fraction of sp³-hybridized carbons (Fsp3) is 0.0588. The molecule has 0 spiro atoms. The van der Waals surface area contributed by atoms with Crippen LogP contribution in [0.4, 0.5) is 13.9 Å². The molecule has 0 aliphatic heterocycles. The summed E-state index contributed by atoms with van der Waals surface area (Å²) in [5.74, 6) is -1.94. The first-order chi connectivity index (χ1) is 12.6. The van der Waals surface area contributed by atoms with Gasteiger partial charge in [-0.1, -0.05) is 11.6 Å². The molecule has 1 heterocycles. The summed E-state index contributed by atoms with van der Waals surface area (Å²) in [6.07, 6.45) is 1.01. The van der Waals surface area contributed by atoms with Gasteiger partial charge in [0.05, 0.1) is 21.2 Å². The van der Waals surface area contributed by atoms with E-state index in [-0.39, 0.29) is 31.9 Å². The molecule has 1 N–H and O–H groups in total. The van der Waals surface area contributed by atoms with Crippen LogP contribution in [0.25, 0.3) is 11.3 Å². The van der Waals surface area contributed by atoms with Gasteiger partial charge < -0.3 is 0 Å². The number of sulfone groups is 1. The SMILES string of the molecule is CS(=O)(=O)c1ccc(Cl)c(C(=O)Nc2nc(-c3cc(F)ccc3F)cs2)c1. The van der Waals surface area contributed by atoms with Crippen LogP contribution in [0.3, 0.4) is 0 Å². The summed E-state index contributed by atoms with van der Waals surface area (Å²) in [7, 11) is -3.52. The van der Waals surface area contributed by atoms with Gasteiger partial charge in [-0.15, -0.1) is 11.3 Å². The Morgan fingerprint density at radius 2 is 1.93 bits per heavy atom. The Morgan fingerprint density at radius 3 is 2.63 bits per heavy atom. The number of anilines is 1. The highest BCUT2D eigenvalue weighted by atomic mass is 35.5. The van der Waals surface area contributed by atoms with Gasteiger partial charge in [0.1, 0.15) is 11.6 Å². The highest BCUT2D eigenvalue weighted by Gasteiger charge is 2.17. The first-order valence-electron chi connectivity index (χ1n) is 7.37. The lowest BCUT2D eigenvalue weighted by Crippen LogP contribution is -2.13. The van der Waals surface area contributed by atoms with Crippen molar-refractivity contribution in [1.82, 2.24) is 4.98 Å². The number of thiazole rings is 1.